The first-order valence-electron chi connectivity index (χ1n) is 3.93. The fourth-order valence-corrected chi connectivity index (χ4v) is 0.656. The van der Waals surface area contributed by atoms with E-state index >= 15 is 0 Å². The van der Waals surface area contributed by atoms with Gasteiger partial charge in [0.1, 0.15) is 5.60 Å². The Hall–Kier alpha value is -1.05. The minimum Gasteiger partial charge on any atom is -0.456 e. The molecule has 0 aromatic carbocycles. The molecule has 0 fully saturated rings. The molecule has 0 aliphatic rings. The maximum Gasteiger partial charge on any atom is 0.338 e. The SMILES string of the molecule is C=CC(=CC)C(=O)OC(C)(C)C. The van der Waals surface area contributed by atoms with Crippen LogP contribution in [0.5, 0.6) is 0 Å². The second kappa shape index (κ2) is 4.10. The van der Waals surface area contributed by atoms with Crippen LogP contribution in [-0.2, 0) is 9.53 Å². The molecule has 0 heterocycles. The van der Waals surface area contributed by atoms with Crippen LogP contribution in [0.2, 0.25) is 0 Å². The molecule has 68 valence electrons. The summed E-state index contributed by atoms with van der Waals surface area (Å²) >= 11 is 0. The zero-order valence-electron chi connectivity index (χ0n) is 8.18. The predicted octanol–water partition coefficient (Wildman–Crippen LogP) is 2.46. The summed E-state index contributed by atoms with van der Waals surface area (Å²) in [7, 11) is 0. The van der Waals surface area contributed by atoms with Crippen LogP contribution in [0.15, 0.2) is 24.3 Å². The van der Waals surface area contributed by atoms with Gasteiger partial charge in [-0.3, -0.25) is 0 Å². The Balaban J connectivity index is 4.32. The Morgan fingerprint density at radius 3 is 2.17 bits per heavy atom. The van der Waals surface area contributed by atoms with Gasteiger partial charge in [0.25, 0.3) is 0 Å². The molecule has 0 bridgehead atoms. The summed E-state index contributed by atoms with van der Waals surface area (Å²) in [5, 5.41) is 0. The van der Waals surface area contributed by atoms with Gasteiger partial charge >= 0.3 is 5.97 Å². The van der Waals surface area contributed by atoms with Gasteiger partial charge in [-0.2, -0.15) is 0 Å². The molecule has 0 rings (SSSR count). The molecule has 0 radical (unpaired) electrons. The highest BCUT2D eigenvalue weighted by Gasteiger charge is 2.17. The second-order valence-electron chi connectivity index (χ2n) is 3.45. The first kappa shape index (κ1) is 11.0. The fourth-order valence-electron chi connectivity index (χ4n) is 0.656. The lowest BCUT2D eigenvalue weighted by atomic mass is 10.2. The number of carbonyl (C=O) groups is 1. The molecule has 0 amide bonds. The van der Waals surface area contributed by atoms with Gasteiger partial charge in [-0.25, -0.2) is 4.79 Å². The number of carbonyl (C=O) groups excluding carboxylic acids is 1. The fraction of sp³-hybridized carbons (Fsp3) is 0.500. The van der Waals surface area contributed by atoms with Crippen molar-refractivity contribution in [1.29, 1.82) is 0 Å². The largest absolute Gasteiger partial charge is 0.456 e. The van der Waals surface area contributed by atoms with Gasteiger partial charge in [-0.15, -0.1) is 0 Å². The van der Waals surface area contributed by atoms with Crippen LogP contribution in [0.4, 0.5) is 0 Å². The number of esters is 1. The number of hydrogen-bond acceptors (Lipinski definition) is 2. The van der Waals surface area contributed by atoms with Crippen molar-refractivity contribution in [3.8, 4) is 0 Å². The molecule has 0 saturated carbocycles. The summed E-state index contributed by atoms with van der Waals surface area (Å²) in [4.78, 5) is 11.3. The minimum absolute atomic E-state index is 0.319. The number of ether oxygens (including phenoxy) is 1. The van der Waals surface area contributed by atoms with Crippen molar-refractivity contribution in [3.63, 3.8) is 0 Å². The molecule has 0 saturated heterocycles. The van der Waals surface area contributed by atoms with E-state index in [4.69, 9.17) is 4.74 Å². The standard InChI is InChI=1S/C10H16O2/c1-6-8(7-2)9(11)12-10(3,4)5/h6-7H,1H2,2-5H3. The van der Waals surface area contributed by atoms with E-state index in [1.807, 2.05) is 20.8 Å². The van der Waals surface area contributed by atoms with Gasteiger partial charge in [-0.1, -0.05) is 18.7 Å². The van der Waals surface area contributed by atoms with Crippen molar-refractivity contribution in [2.45, 2.75) is 33.3 Å². The van der Waals surface area contributed by atoms with E-state index in [9.17, 15) is 4.79 Å². The van der Waals surface area contributed by atoms with E-state index in [2.05, 4.69) is 6.58 Å². The quantitative estimate of drug-likeness (QED) is 0.359. The van der Waals surface area contributed by atoms with Gasteiger partial charge in [0, 0.05) is 0 Å². The van der Waals surface area contributed by atoms with Gasteiger partial charge < -0.3 is 4.74 Å². The third-order valence-corrected chi connectivity index (χ3v) is 1.17. The van der Waals surface area contributed by atoms with Crippen LogP contribution >= 0.6 is 0 Å². The predicted molar refractivity (Wildman–Crippen MR) is 49.8 cm³/mol. The molecule has 0 aromatic heterocycles. The topological polar surface area (TPSA) is 26.3 Å². The van der Waals surface area contributed by atoms with Gasteiger partial charge in [0.05, 0.1) is 5.57 Å². The summed E-state index contributed by atoms with van der Waals surface area (Å²) in [6, 6.07) is 0. The molecule has 0 aliphatic heterocycles. The van der Waals surface area contributed by atoms with E-state index in [1.54, 1.807) is 13.0 Å². The van der Waals surface area contributed by atoms with Gasteiger partial charge in [-0.05, 0) is 27.7 Å². The highest BCUT2D eigenvalue weighted by molar-refractivity contribution is 5.91. The highest BCUT2D eigenvalue weighted by Crippen LogP contribution is 2.10. The van der Waals surface area contributed by atoms with Crippen molar-refractivity contribution in [1.82, 2.24) is 0 Å². The summed E-state index contributed by atoms with van der Waals surface area (Å²) in [5.41, 5.74) is 0.0684. The Labute approximate surface area is 73.9 Å². The molecular formula is C10H16O2. The van der Waals surface area contributed by atoms with Crippen LogP contribution in [0.25, 0.3) is 0 Å². The normalized spacial score (nSPS) is 12.5. The van der Waals surface area contributed by atoms with E-state index < -0.39 is 5.60 Å². The van der Waals surface area contributed by atoms with Crippen molar-refractivity contribution in [2.75, 3.05) is 0 Å². The molecule has 12 heavy (non-hydrogen) atoms. The summed E-state index contributed by atoms with van der Waals surface area (Å²) in [6.45, 7) is 10.8. The van der Waals surface area contributed by atoms with E-state index in [0.29, 0.717) is 5.57 Å². The Kier molecular flexibility index (Phi) is 3.74. The number of rotatable bonds is 2. The van der Waals surface area contributed by atoms with Crippen LogP contribution < -0.4 is 0 Å². The third-order valence-electron chi connectivity index (χ3n) is 1.17. The lowest BCUT2D eigenvalue weighted by Gasteiger charge is -2.19. The van der Waals surface area contributed by atoms with Gasteiger partial charge in [0.2, 0.25) is 0 Å². The zero-order valence-corrected chi connectivity index (χ0v) is 8.18. The maximum atomic E-state index is 11.3. The minimum atomic E-state index is -0.436. The second-order valence-corrected chi connectivity index (χ2v) is 3.45. The molecule has 0 N–H and O–H groups in total. The van der Waals surface area contributed by atoms with Crippen LogP contribution in [-0.4, -0.2) is 11.6 Å². The van der Waals surface area contributed by atoms with Crippen molar-refractivity contribution >= 4 is 5.97 Å². The van der Waals surface area contributed by atoms with Crippen LogP contribution in [0, 0.1) is 0 Å². The first-order valence-corrected chi connectivity index (χ1v) is 3.93. The molecule has 0 unspecified atom stereocenters. The molecule has 0 aromatic rings. The third kappa shape index (κ3) is 3.96. The van der Waals surface area contributed by atoms with Crippen LogP contribution in [0.1, 0.15) is 27.7 Å². The summed E-state index contributed by atoms with van der Waals surface area (Å²) in [6.07, 6.45) is 3.18. The van der Waals surface area contributed by atoms with E-state index in [0.717, 1.165) is 0 Å². The Morgan fingerprint density at radius 1 is 1.42 bits per heavy atom. The first-order chi connectivity index (χ1) is 5.40. The monoisotopic (exact) mass is 168 g/mol. The highest BCUT2D eigenvalue weighted by atomic mass is 16.6. The number of allylic oxidation sites excluding steroid dienone is 1. The van der Waals surface area contributed by atoms with E-state index in [-0.39, 0.29) is 5.97 Å². The van der Waals surface area contributed by atoms with Crippen molar-refractivity contribution in [2.24, 2.45) is 0 Å². The Bertz CT molecular complexity index is 206. The average Bonchev–Trinajstić information content (AvgIpc) is 1.85. The average molecular weight is 168 g/mol. The van der Waals surface area contributed by atoms with Gasteiger partial charge in [0.15, 0.2) is 0 Å². The molecule has 0 spiro atoms. The lowest BCUT2D eigenvalue weighted by Crippen LogP contribution is -2.24. The number of hydrogen-bond donors (Lipinski definition) is 0. The molecule has 0 atom stereocenters. The zero-order chi connectivity index (χ0) is 9.78. The molecular weight excluding hydrogens is 152 g/mol. The summed E-state index contributed by atoms with van der Waals surface area (Å²) < 4.78 is 5.10. The smallest absolute Gasteiger partial charge is 0.338 e. The lowest BCUT2D eigenvalue weighted by molar-refractivity contribution is -0.149. The molecule has 0 aliphatic carbocycles. The Morgan fingerprint density at radius 2 is 1.92 bits per heavy atom. The van der Waals surface area contributed by atoms with Crippen molar-refractivity contribution in [3.05, 3.63) is 24.3 Å². The van der Waals surface area contributed by atoms with Crippen molar-refractivity contribution < 1.29 is 9.53 Å². The molecule has 2 heteroatoms. The summed E-state index contributed by atoms with van der Waals surface area (Å²) in [5.74, 6) is -0.319. The molecule has 2 nitrogen and oxygen atoms in total. The maximum absolute atomic E-state index is 11.3. The van der Waals surface area contributed by atoms with Crippen LogP contribution in [0.3, 0.4) is 0 Å². The van der Waals surface area contributed by atoms with E-state index in [1.165, 1.54) is 6.08 Å².